The van der Waals surface area contributed by atoms with Gasteiger partial charge >= 0.3 is 0 Å². The predicted molar refractivity (Wildman–Crippen MR) is 134 cm³/mol. The minimum Gasteiger partial charge on any atom is -0.379 e. The summed E-state index contributed by atoms with van der Waals surface area (Å²) >= 11 is 0. The molecule has 0 aliphatic carbocycles. The average molecular weight is 453 g/mol. The van der Waals surface area contributed by atoms with E-state index >= 15 is 0 Å². The molecule has 2 heterocycles. The molecule has 1 fully saturated rings. The topological polar surface area (TPSA) is 59.4 Å². The quantitative estimate of drug-likeness (QED) is 0.451. The summed E-state index contributed by atoms with van der Waals surface area (Å²) in [7, 11) is 0. The van der Waals surface area contributed by atoms with Crippen molar-refractivity contribution in [1.29, 1.82) is 0 Å². The SMILES string of the molecule is Cc1c(C(=O)Nc2cccc(CN3CCOCC3)c2)c(-c2ccccc2)nn1-c1ccccc1. The van der Waals surface area contributed by atoms with E-state index in [1.165, 1.54) is 5.56 Å². The number of carbonyl (C=O) groups excluding carboxylic acids is 1. The lowest BCUT2D eigenvalue weighted by Crippen LogP contribution is -2.35. The van der Waals surface area contributed by atoms with Gasteiger partial charge in [0, 0.05) is 30.9 Å². The lowest BCUT2D eigenvalue weighted by atomic mass is 10.1. The molecule has 0 atom stereocenters. The molecule has 0 unspecified atom stereocenters. The molecule has 0 spiro atoms. The highest BCUT2D eigenvalue weighted by atomic mass is 16.5. The van der Waals surface area contributed by atoms with E-state index < -0.39 is 0 Å². The Morgan fingerprint density at radius 1 is 0.941 bits per heavy atom. The van der Waals surface area contributed by atoms with E-state index in [9.17, 15) is 4.79 Å². The molecule has 4 aromatic rings. The number of morpholine rings is 1. The third kappa shape index (κ3) is 4.78. The first-order valence-corrected chi connectivity index (χ1v) is 11.6. The van der Waals surface area contributed by atoms with Gasteiger partial charge in [0.25, 0.3) is 5.91 Å². The molecule has 1 aromatic heterocycles. The van der Waals surface area contributed by atoms with Crippen LogP contribution < -0.4 is 5.32 Å². The Labute approximate surface area is 199 Å². The van der Waals surface area contributed by atoms with Crippen molar-refractivity contribution in [3.8, 4) is 16.9 Å². The van der Waals surface area contributed by atoms with Crippen molar-refractivity contribution in [2.24, 2.45) is 0 Å². The standard InChI is InChI=1S/C28H28N4O2/c1-21-26(27(23-10-4-2-5-11-23)30-32(21)25-13-6-3-7-14-25)28(33)29-24-12-8-9-22(19-24)20-31-15-17-34-18-16-31/h2-14,19H,15-18,20H2,1H3,(H,29,33). The molecule has 6 heteroatoms. The summed E-state index contributed by atoms with van der Waals surface area (Å²) < 4.78 is 7.29. The van der Waals surface area contributed by atoms with Crippen LogP contribution in [0.4, 0.5) is 5.69 Å². The van der Waals surface area contributed by atoms with Crippen LogP contribution in [0, 0.1) is 6.92 Å². The zero-order valence-corrected chi connectivity index (χ0v) is 19.3. The minimum atomic E-state index is -0.165. The molecule has 1 saturated heterocycles. The second kappa shape index (κ2) is 10.0. The highest BCUT2D eigenvalue weighted by molar-refractivity contribution is 6.09. The van der Waals surface area contributed by atoms with Crippen molar-refractivity contribution in [3.63, 3.8) is 0 Å². The van der Waals surface area contributed by atoms with Gasteiger partial charge in [0.2, 0.25) is 0 Å². The maximum atomic E-state index is 13.6. The molecule has 34 heavy (non-hydrogen) atoms. The zero-order valence-electron chi connectivity index (χ0n) is 19.3. The lowest BCUT2D eigenvalue weighted by Gasteiger charge is -2.26. The first-order valence-electron chi connectivity index (χ1n) is 11.6. The van der Waals surface area contributed by atoms with Gasteiger partial charge in [0.05, 0.1) is 30.2 Å². The van der Waals surface area contributed by atoms with Crippen LogP contribution in [-0.2, 0) is 11.3 Å². The molecule has 5 rings (SSSR count). The molecule has 172 valence electrons. The van der Waals surface area contributed by atoms with E-state index in [0.717, 1.165) is 55.5 Å². The van der Waals surface area contributed by atoms with Gasteiger partial charge in [-0.3, -0.25) is 9.69 Å². The largest absolute Gasteiger partial charge is 0.379 e. The van der Waals surface area contributed by atoms with Crippen LogP contribution in [0.5, 0.6) is 0 Å². The van der Waals surface area contributed by atoms with Gasteiger partial charge in [0.1, 0.15) is 5.69 Å². The first kappa shape index (κ1) is 22.1. The summed E-state index contributed by atoms with van der Waals surface area (Å²) in [5.41, 5.74) is 5.82. The summed E-state index contributed by atoms with van der Waals surface area (Å²) in [6.07, 6.45) is 0. The number of hydrogen-bond donors (Lipinski definition) is 1. The number of amides is 1. The molecular weight excluding hydrogens is 424 g/mol. The van der Waals surface area contributed by atoms with Crippen LogP contribution in [0.3, 0.4) is 0 Å². The summed E-state index contributed by atoms with van der Waals surface area (Å²) in [4.78, 5) is 16.0. The molecule has 1 aliphatic rings. The molecule has 1 N–H and O–H groups in total. The fourth-order valence-corrected chi connectivity index (χ4v) is 4.35. The Bertz CT molecular complexity index is 1260. The Balaban J connectivity index is 1.45. The number of carbonyl (C=O) groups is 1. The van der Waals surface area contributed by atoms with Crippen molar-refractivity contribution >= 4 is 11.6 Å². The van der Waals surface area contributed by atoms with Crippen LogP contribution in [0.2, 0.25) is 0 Å². The van der Waals surface area contributed by atoms with Crippen molar-refractivity contribution in [1.82, 2.24) is 14.7 Å². The van der Waals surface area contributed by atoms with E-state index in [0.29, 0.717) is 11.3 Å². The van der Waals surface area contributed by atoms with Crippen molar-refractivity contribution in [2.45, 2.75) is 13.5 Å². The summed E-state index contributed by atoms with van der Waals surface area (Å²) in [5, 5.41) is 7.96. The smallest absolute Gasteiger partial charge is 0.259 e. The number of para-hydroxylation sites is 1. The fourth-order valence-electron chi connectivity index (χ4n) is 4.35. The van der Waals surface area contributed by atoms with Gasteiger partial charge in [-0.1, -0.05) is 60.7 Å². The Morgan fingerprint density at radius 3 is 2.38 bits per heavy atom. The van der Waals surface area contributed by atoms with Gasteiger partial charge in [-0.05, 0) is 36.8 Å². The second-order valence-electron chi connectivity index (χ2n) is 8.47. The summed E-state index contributed by atoms with van der Waals surface area (Å²) in [6.45, 7) is 6.17. The van der Waals surface area contributed by atoms with Crippen LogP contribution >= 0.6 is 0 Å². The summed E-state index contributed by atoms with van der Waals surface area (Å²) in [5.74, 6) is -0.165. The Kier molecular flexibility index (Phi) is 6.51. The zero-order chi connectivity index (χ0) is 23.3. The van der Waals surface area contributed by atoms with Gasteiger partial charge in [-0.2, -0.15) is 5.10 Å². The molecule has 0 bridgehead atoms. The number of hydrogen-bond acceptors (Lipinski definition) is 4. The maximum Gasteiger partial charge on any atom is 0.259 e. The Morgan fingerprint density at radius 2 is 1.65 bits per heavy atom. The van der Waals surface area contributed by atoms with E-state index in [-0.39, 0.29) is 5.91 Å². The van der Waals surface area contributed by atoms with Crippen molar-refractivity contribution < 1.29 is 9.53 Å². The summed E-state index contributed by atoms with van der Waals surface area (Å²) in [6, 6.07) is 27.8. The first-order chi connectivity index (χ1) is 16.7. The monoisotopic (exact) mass is 452 g/mol. The molecule has 0 radical (unpaired) electrons. The number of ether oxygens (including phenoxy) is 1. The number of anilines is 1. The number of nitrogens with one attached hydrogen (secondary N) is 1. The van der Waals surface area contributed by atoms with Crippen LogP contribution in [0.15, 0.2) is 84.9 Å². The van der Waals surface area contributed by atoms with Gasteiger partial charge < -0.3 is 10.1 Å². The van der Waals surface area contributed by atoms with E-state index in [4.69, 9.17) is 9.84 Å². The van der Waals surface area contributed by atoms with E-state index in [1.54, 1.807) is 0 Å². The number of benzene rings is 3. The molecule has 3 aromatic carbocycles. The normalized spacial score (nSPS) is 14.1. The number of rotatable bonds is 6. The Hall–Kier alpha value is -3.74. The highest BCUT2D eigenvalue weighted by Crippen LogP contribution is 2.28. The number of aromatic nitrogens is 2. The molecular formula is C28H28N4O2. The predicted octanol–water partition coefficient (Wildman–Crippen LogP) is 4.93. The van der Waals surface area contributed by atoms with Crippen molar-refractivity contribution in [3.05, 3.63) is 102 Å². The van der Waals surface area contributed by atoms with Crippen LogP contribution in [0.25, 0.3) is 16.9 Å². The minimum absolute atomic E-state index is 0.165. The van der Waals surface area contributed by atoms with Gasteiger partial charge in [0.15, 0.2) is 0 Å². The number of nitrogens with zero attached hydrogens (tertiary/aromatic N) is 3. The maximum absolute atomic E-state index is 13.6. The van der Waals surface area contributed by atoms with Crippen molar-refractivity contribution in [2.75, 3.05) is 31.6 Å². The molecule has 1 amide bonds. The highest BCUT2D eigenvalue weighted by Gasteiger charge is 2.23. The molecule has 1 aliphatic heterocycles. The third-order valence-corrected chi connectivity index (χ3v) is 6.09. The lowest BCUT2D eigenvalue weighted by molar-refractivity contribution is 0.0342. The van der Waals surface area contributed by atoms with Crippen LogP contribution in [0.1, 0.15) is 21.6 Å². The van der Waals surface area contributed by atoms with E-state index in [1.807, 2.05) is 90.5 Å². The van der Waals surface area contributed by atoms with Gasteiger partial charge in [-0.15, -0.1) is 0 Å². The van der Waals surface area contributed by atoms with E-state index in [2.05, 4.69) is 16.3 Å². The second-order valence-corrected chi connectivity index (χ2v) is 8.47. The van der Waals surface area contributed by atoms with Gasteiger partial charge in [-0.25, -0.2) is 4.68 Å². The molecule has 0 saturated carbocycles. The molecule has 6 nitrogen and oxygen atoms in total. The fraction of sp³-hybridized carbons (Fsp3) is 0.214. The average Bonchev–Trinajstić information content (AvgIpc) is 3.23. The van der Waals surface area contributed by atoms with Crippen LogP contribution in [-0.4, -0.2) is 46.9 Å². The third-order valence-electron chi connectivity index (χ3n) is 6.09.